The Bertz CT molecular complexity index is 920. The molecule has 2 aliphatic heterocycles. The van der Waals surface area contributed by atoms with Gasteiger partial charge in [0.05, 0.1) is 19.3 Å². The molecule has 32 heavy (non-hydrogen) atoms. The molecule has 0 spiro atoms. The molecule has 2 fully saturated rings. The van der Waals surface area contributed by atoms with Gasteiger partial charge in [-0.25, -0.2) is 0 Å². The molecule has 0 radical (unpaired) electrons. The van der Waals surface area contributed by atoms with Crippen LogP contribution in [0.15, 0.2) is 54.6 Å². The number of rotatable bonds is 6. The van der Waals surface area contributed by atoms with Crippen molar-refractivity contribution in [1.82, 2.24) is 10.2 Å². The number of hydrogen-bond acceptors (Lipinski definition) is 5. The molecule has 7 nitrogen and oxygen atoms in total. The predicted molar refractivity (Wildman–Crippen MR) is 120 cm³/mol. The van der Waals surface area contributed by atoms with Crippen LogP contribution in [0.5, 0.6) is 5.75 Å². The summed E-state index contributed by atoms with van der Waals surface area (Å²) < 4.78 is 11.4. The number of benzene rings is 2. The third-order valence-electron chi connectivity index (χ3n) is 6.23. The number of ether oxygens (including phenoxy) is 2. The number of carbonyl (C=O) groups excluding carboxylic acids is 2. The van der Waals surface area contributed by atoms with E-state index >= 15 is 0 Å². The lowest BCUT2D eigenvalue weighted by molar-refractivity contribution is -0.149. The van der Waals surface area contributed by atoms with Crippen LogP contribution in [-0.2, 0) is 14.3 Å². The molecule has 170 valence electrons. The van der Waals surface area contributed by atoms with Gasteiger partial charge in [0.25, 0.3) is 0 Å². The molecule has 2 amide bonds. The van der Waals surface area contributed by atoms with Gasteiger partial charge in [-0.3, -0.25) is 9.59 Å². The normalized spacial score (nSPS) is 23.0. The highest BCUT2D eigenvalue weighted by Crippen LogP contribution is 2.30. The van der Waals surface area contributed by atoms with Crippen LogP contribution in [-0.4, -0.2) is 66.9 Å². The zero-order valence-corrected chi connectivity index (χ0v) is 18.1. The summed E-state index contributed by atoms with van der Waals surface area (Å²) in [5.74, 6) is -0.594. The Labute approximate surface area is 188 Å². The Morgan fingerprint density at radius 3 is 2.69 bits per heavy atom. The summed E-state index contributed by atoms with van der Waals surface area (Å²) >= 11 is 0. The van der Waals surface area contributed by atoms with Crippen LogP contribution in [0.4, 0.5) is 0 Å². The molecule has 2 aromatic rings. The molecule has 0 aliphatic carbocycles. The molecule has 0 saturated carbocycles. The number of carbonyl (C=O) groups is 2. The van der Waals surface area contributed by atoms with Crippen LogP contribution < -0.4 is 10.1 Å². The first-order chi connectivity index (χ1) is 15.6. The molecule has 0 bridgehead atoms. The smallest absolute Gasteiger partial charge is 0.312 e. The van der Waals surface area contributed by atoms with Crippen LogP contribution in [0.3, 0.4) is 0 Å². The lowest BCUT2D eigenvalue weighted by Gasteiger charge is -2.36. The van der Waals surface area contributed by atoms with E-state index in [-0.39, 0.29) is 25.1 Å². The fourth-order valence-electron chi connectivity index (χ4n) is 4.59. The summed E-state index contributed by atoms with van der Waals surface area (Å²) in [7, 11) is 0. The van der Waals surface area contributed by atoms with Gasteiger partial charge in [0.1, 0.15) is 12.4 Å². The van der Waals surface area contributed by atoms with Crippen molar-refractivity contribution >= 4 is 11.8 Å². The maximum Gasteiger partial charge on any atom is 0.312 e. The number of aliphatic hydroxyl groups is 1. The summed E-state index contributed by atoms with van der Waals surface area (Å²) in [5, 5.41) is 13.0. The first-order valence-corrected chi connectivity index (χ1v) is 11.3. The van der Waals surface area contributed by atoms with Gasteiger partial charge in [-0.15, -0.1) is 0 Å². The minimum atomic E-state index is -0.636. The minimum Gasteiger partial charge on any atom is -0.491 e. The van der Waals surface area contributed by atoms with Crippen LogP contribution in [0.2, 0.25) is 0 Å². The second-order valence-corrected chi connectivity index (χ2v) is 8.27. The molecular weight excluding hydrogens is 408 g/mol. The van der Waals surface area contributed by atoms with E-state index in [1.54, 1.807) is 4.90 Å². The van der Waals surface area contributed by atoms with Crippen LogP contribution in [0, 0.1) is 5.92 Å². The highest BCUT2D eigenvalue weighted by molar-refractivity contribution is 6.35. The van der Waals surface area contributed by atoms with Crippen molar-refractivity contribution in [1.29, 1.82) is 0 Å². The molecule has 3 atom stereocenters. The number of hydrogen-bond donors (Lipinski definition) is 2. The zero-order chi connectivity index (χ0) is 22.3. The lowest BCUT2D eigenvalue weighted by Crippen LogP contribution is -2.52. The van der Waals surface area contributed by atoms with Gasteiger partial charge in [0.15, 0.2) is 0 Å². The highest BCUT2D eigenvalue weighted by atomic mass is 16.5. The van der Waals surface area contributed by atoms with Crippen molar-refractivity contribution in [3.63, 3.8) is 0 Å². The molecular formula is C25H30N2O5. The Hall–Kier alpha value is -2.90. The number of nitrogens with zero attached hydrogens (tertiary/aromatic N) is 1. The van der Waals surface area contributed by atoms with Gasteiger partial charge in [-0.05, 0) is 30.9 Å². The predicted octanol–water partition coefficient (Wildman–Crippen LogP) is 2.24. The molecule has 0 aromatic heterocycles. The van der Waals surface area contributed by atoms with Gasteiger partial charge < -0.3 is 24.8 Å². The minimum absolute atomic E-state index is 0.138. The standard InChI is InChI=1S/C25H30N2O5/c28-22-12-15-31-17-20(22)21-10-6-14-27(21)25(30)24(29)26-13-16-32-23-11-5-4-9-19(23)18-7-2-1-3-8-18/h1-5,7-9,11,20-22,28H,6,10,12-17H2,(H,26,29). The Balaban J connectivity index is 1.29. The Morgan fingerprint density at radius 1 is 1.09 bits per heavy atom. The Morgan fingerprint density at radius 2 is 1.88 bits per heavy atom. The molecule has 2 heterocycles. The van der Waals surface area contributed by atoms with Crippen molar-refractivity contribution in [3.8, 4) is 16.9 Å². The molecule has 2 N–H and O–H groups in total. The van der Waals surface area contributed by atoms with Crippen LogP contribution in [0.25, 0.3) is 11.1 Å². The largest absolute Gasteiger partial charge is 0.491 e. The van der Waals surface area contributed by atoms with E-state index in [1.165, 1.54) is 0 Å². The van der Waals surface area contributed by atoms with E-state index in [9.17, 15) is 14.7 Å². The summed E-state index contributed by atoms with van der Waals surface area (Å²) in [6.07, 6.45) is 1.68. The maximum atomic E-state index is 12.8. The van der Waals surface area contributed by atoms with Gasteiger partial charge in [0, 0.05) is 30.7 Å². The van der Waals surface area contributed by atoms with Crippen molar-refractivity contribution in [3.05, 3.63) is 54.6 Å². The fraction of sp³-hybridized carbons (Fsp3) is 0.440. The van der Waals surface area contributed by atoms with Gasteiger partial charge in [-0.1, -0.05) is 48.5 Å². The summed E-state index contributed by atoms with van der Waals surface area (Å²) in [6, 6.07) is 17.5. The van der Waals surface area contributed by atoms with E-state index in [0.29, 0.717) is 26.2 Å². The van der Waals surface area contributed by atoms with Crippen molar-refractivity contribution in [2.24, 2.45) is 5.92 Å². The second kappa shape index (κ2) is 10.6. The van der Waals surface area contributed by atoms with E-state index in [0.717, 1.165) is 29.7 Å². The summed E-state index contributed by atoms with van der Waals surface area (Å²) in [5.41, 5.74) is 2.03. The monoisotopic (exact) mass is 438 g/mol. The van der Waals surface area contributed by atoms with Crippen LogP contribution in [0.1, 0.15) is 19.3 Å². The summed E-state index contributed by atoms with van der Waals surface area (Å²) in [6.45, 7) is 1.96. The van der Waals surface area contributed by atoms with Crippen molar-refractivity contribution < 1.29 is 24.2 Å². The fourth-order valence-corrected chi connectivity index (χ4v) is 4.59. The van der Waals surface area contributed by atoms with Crippen molar-refractivity contribution in [2.75, 3.05) is 32.9 Å². The first kappa shape index (κ1) is 22.3. The van der Waals surface area contributed by atoms with Gasteiger partial charge in [0.2, 0.25) is 0 Å². The zero-order valence-electron chi connectivity index (χ0n) is 18.1. The number of para-hydroxylation sites is 1. The SMILES string of the molecule is O=C(NCCOc1ccccc1-c1ccccc1)C(=O)N1CCCC1C1COCCC1O. The number of amides is 2. The van der Waals surface area contributed by atoms with E-state index in [4.69, 9.17) is 9.47 Å². The first-order valence-electron chi connectivity index (χ1n) is 11.3. The molecule has 4 rings (SSSR count). The van der Waals surface area contributed by atoms with Crippen molar-refractivity contribution in [2.45, 2.75) is 31.4 Å². The number of nitrogens with one attached hydrogen (secondary N) is 1. The summed E-state index contributed by atoms with van der Waals surface area (Å²) in [4.78, 5) is 26.8. The van der Waals surface area contributed by atoms with Crippen LogP contribution >= 0.6 is 0 Å². The average molecular weight is 439 g/mol. The number of aliphatic hydroxyl groups excluding tert-OH is 1. The third-order valence-corrected chi connectivity index (χ3v) is 6.23. The average Bonchev–Trinajstić information content (AvgIpc) is 3.32. The molecule has 7 heteroatoms. The second-order valence-electron chi connectivity index (χ2n) is 8.27. The third kappa shape index (κ3) is 5.11. The van der Waals surface area contributed by atoms with E-state index in [1.807, 2.05) is 54.6 Å². The highest BCUT2D eigenvalue weighted by Gasteiger charge is 2.41. The molecule has 2 aliphatic rings. The quantitative estimate of drug-likeness (QED) is 0.534. The Kier molecular flexibility index (Phi) is 7.39. The topological polar surface area (TPSA) is 88.1 Å². The van der Waals surface area contributed by atoms with E-state index in [2.05, 4.69) is 5.32 Å². The lowest BCUT2D eigenvalue weighted by atomic mass is 9.89. The molecule has 2 aromatic carbocycles. The maximum absolute atomic E-state index is 12.8. The van der Waals surface area contributed by atoms with Gasteiger partial charge >= 0.3 is 11.8 Å². The van der Waals surface area contributed by atoms with Gasteiger partial charge in [-0.2, -0.15) is 0 Å². The number of likely N-dealkylation sites (tertiary alicyclic amines) is 1. The van der Waals surface area contributed by atoms with E-state index < -0.39 is 17.9 Å². The molecule has 3 unspecified atom stereocenters. The molecule has 2 saturated heterocycles.